The molecule has 0 aliphatic carbocycles. The van der Waals surface area contributed by atoms with Crippen LogP contribution in [0.4, 0.5) is 19.3 Å². The van der Waals surface area contributed by atoms with Crippen molar-refractivity contribution in [1.82, 2.24) is 14.8 Å². The summed E-state index contributed by atoms with van der Waals surface area (Å²) < 4.78 is 32.2. The Kier molecular flexibility index (Phi) is 9.05. The van der Waals surface area contributed by atoms with Crippen molar-refractivity contribution in [3.05, 3.63) is 102 Å². The van der Waals surface area contributed by atoms with Crippen molar-refractivity contribution in [2.75, 3.05) is 38.7 Å². The second-order valence-corrected chi connectivity index (χ2v) is 8.91. The molecule has 0 saturated carbocycles. The number of hydrogen-bond donors (Lipinski definition) is 2. The summed E-state index contributed by atoms with van der Waals surface area (Å²) in [6, 6.07) is 18.9. The molecule has 9 heteroatoms. The number of amides is 3. The second-order valence-electron chi connectivity index (χ2n) is 8.91. The molecule has 7 nitrogen and oxygen atoms in total. The number of nitrogens with one attached hydrogen (secondary N) is 2. The van der Waals surface area contributed by atoms with Crippen molar-refractivity contribution in [3.8, 4) is 0 Å². The quantitative estimate of drug-likeness (QED) is 0.286. The van der Waals surface area contributed by atoms with Gasteiger partial charge in [-0.05, 0) is 53.9 Å². The summed E-state index contributed by atoms with van der Waals surface area (Å²) in [6.07, 6.45) is 2.52. The lowest BCUT2D eigenvalue weighted by Crippen LogP contribution is -2.46. The van der Waals surface area contributed by atoms with Gasteiger partial charge in [0.1, 0.15) is 18.2 Å². The van der Waals surface area contributed by atoms with E-state index in [1.165, 1.54) is 42.3 Å². The number of ether oxygens (including phenoxy) is 1. The second kappa shape index (κ2) is 12.8. The molecule has 0 radical (unpaired) electrons. The number of aromatic nitrogens is 1. The first kappa shape index (κ1) is 26.8. The van der Waals surface area contributed by atoms with Gasteiger partial charge in [0.25, 0.3) is 0 Å². The van der Waals surface area contributed by atoms with Gasteiger partial charge in [0, 0.05) is 49.5 Å². The van der Waals surface area contributed by atoms with Crippen molar-refractivity contribution < 1.29 is 23.1 Å². The first-order valence-electron chi connectivity index (χ1n) is 12.3. The highest BCUT2D eigenvalue weighted by atomic mass is 19.1. The number of urea groups is 1. The molecule has 0 saturated heterocycles. The van der Waals surface area contributed by atoms with Crippen LogP contribution in [0.5, 0.6) is 0 Å². The Morgan fingerprint density at radius 1 is 0.921 bits per heavy atom. The van der Waals surface area contributed by atoms with Crippen LogP contribution in [-0.2, 0) is 22.5 Å². The predicted molar refractivity (Wildman–Crippen MR) is 143 cm³/mol. The number of methoxy groups -OCH3 is 1. The van der Waals surface area contributed by atoms with Crippen LogP contribution in [0.2, 0.25) is 0 Å². The van der Waals surface area contributed by atoms with Crippen LogP contribution in [-0.4, -0.2) is 60.1 Å². The summed E-state index contributed by atoms with van der Waals surface area (Å²) >= 11 is 0. The van der Waals surface area contributed by atoms with E-state index < -0.39 is 11.8 Å². The molecule has 3 aromatic carbocycles. The van der Waals surface area contributed by atoms with Gasteiger partial charge in [0.2, 0.25) is 5.91 Å². The highest BCUT2D eigenvalue weighted by molar-refractivity contribution is 5.92. The lowest BCUT2D eigenvalue weighted by atomic mass is 10.1. The molecule has 4 rings (SSSR count). The normalized spacial score (nSPS) is 10.9. The summed E-state index contributed by atoms with van der Waals surface area (Å²) in [5.74, 6) is -1.12. The van der Waals surface area contributed by atoms with Crippen molar-refractivity contribution in [1.29, 1.82) is 0 Å². The third-order valence-corrected chi connectivity index (χ3v) is 6.22. The fourth-order valence-electron chi connectivity index (χ4n) is 4.18. The number of fused-ring (bicyclic) bond motifs is 1. The molecular weight excluding hydrogens is 490 g/mol. The van der Waals surface area contributed by atoms with Gasteiger partial charge in [-0.3, -0.25) is 4.79 Å². The number of nitrogens with zero attached hydrogens (tertiary/aromatic N) is 2. The largest absolute Gasteiger partial charge is 0.383 e. The number of anilines is 1. The van der Waals surface area contributed by atoms with E-state index in [0.29, 0.717) is 13.0 Å². The van der Waals surface area contributed by atoms with E-state index in [4.69, 9.17) is 4.74 Å². The lowest BCUT2D eigenvalue weighted by Gasteiger charge is -2.28. The van der Waals surface area contributed by atoms with E-state index in [1.807, 2.05) is 30.5 Å². The lowest BCUT2D eigenvalue weighted by molar-refractivity contribution is -0.132. The van der Waals surface area contributed by atoms with Gasteiger partial charge < -0.3 is 24.8 Å². The summed E-state index contributed by atoms with van der Waals surface area (Å²) in [4.78, 5) is 32.8. The summed E-state index contributed by atoms with van der Waals surface area (Å²) in [6.45, 7) is 0.819. The summed E-state index contributed by atoms with van der Waals surface area (Å²) in [5.41, 5.74) is 3.13. The molecule has 0 spiro atoms. The minimum atomic E-state index is -0.542. The van der Waals surface area contributed by atoms with E-state index in [-0.39, 0.29) is 43.7 Å². The Labute approximate surface area is 220 Å². The molecular formula is C29H30F2N4O3. The van der Waals surface area contributed by atoms with Crippen molar-refractivity contribution >= 4 is 28.5 Å². The van der Waals surface area contributed by atoms with Gasteiger partial charge in [-0.15, -0.1) is 0 Å². The van der Waals surface area contributed by atoms with E-state index in [2.05, 4.69) is 10.3 Å². The average Bonchev–Trinajstić information content (AvgIpc) is 3.33. The van der Waals surface area contributed by atoms with Crippen LogP contribution >= 0.6 is 0 Å². The fraction of sp³-hybridized carbons (Fsp3) is 0.241. The number of benzene rings is 3. The van der Waals surface area contributed by atoms with E-state index in [0.717, 1.165) is 22.0 Å². The SMILES string of the molecule is COCCN(CC(=O)N(CCc1c[nH]c2ccccc12)Cc1ccc(F)cc1)C(=O)Nc1cccc(F)c1. The van der Waals surface area contributed by atoms with Crippen LogP contribution in [0, 0.1) is 11.6 Å². The number of hydrogen-bond acceptors (Lipinski definition) is 3. The Hall–Kier alpha value is -4.24. The standard InChI is InChI=1S/C29H30F2N4O3/c1-38-16-15-35(29(37)33-25-6-4-5-24(31)17-25)20-28(36)34(19-21-9-11-23(30)12-10-21)14-13-22-18-32-27-8-3-2-7-26(22)27/h2-12,17-18,32H,13-16,19-20H2,1H3,(H,33,37). The third-order valence-electron chi connectivity index (χ3n) is 6.22. The first-order valence-corrected chi connectivity index (χ1v) is 12.3. The molecule has 0 bridgehead atoms. The zero-order valence-corrected chi connectivity index (χ0v) is 21.1. The van der Waals surface area contributed by atoms with Crippen molar-refractivity contribution in [2.24, 2.45) is 0 Å². The average molecular weight is 521 g/mol. The summed E-state index contributed by atoms with van der Waals surface area (Å²) in [7, 11) is 1.51. The van der Waals surface area contributed by atoms with Crippen LogP contribution in [0.3, 0.4) is 0 Å². The Morgan fingerprint density at radius 2 is 1.71 bits per heavy atom. The molecule has 0 aliphatic heterocycles. The zero-order chi connectivity index (χ0) is 26.9. The first-order chi connectivity index (χ1) is 18.4. The molecule has 0 aliphatic rings. The van der Waals surface area contributed by atoms with E-state index in [9.17, 15) is 18.4 Å². The number of carbonyl (C=O) groups excluding carboxylic acids is 2. The minimum absolute atomic E-state index is 0.163. The highest BCUT2D eigenvalue weighted by Crippen LogP contribution is 2.19. The zero-order valence-electron chi connectivity index (χ0n) is 21.1. The molecule has 198 valence electrons. The van der Waals surface area contributed by atoms with Crippen molar-refractivity contribution in [3.63, 3.8) is 0 Å². The Morgan fingerprint density at radius 3 is 2.47 bits per heavy atom. The number of aromatic amines is 1. The summed E-state index contributed by atoms with van der Waals surface area (Å²) in [5, 5.41) is 3.72. The number of halogens is 2. The van der Waals surface area contributed by atoms with Crippen LogP contribution in [0.1, 0.15) is 11.1 Å². The number of rotatable bonds is 11. The van der Waals surface area contributed by atoms with Crippen molar-refractivity contribution in [2.45, 2.75) is 13.0 Å². The molecule has 38 heavy (non-hydrogen) atoms. The van der Waals surface area contributed by atoms with Crippen LogP contribution < -0.4 is 5.32 Å². The molecule has 4 aromatic rings. The molecule has 3 amide bonds. The van der Waals surface area contributed by atoms with Gasteiger partial charge in [0.05, 0.1) is 6.61 Å². The van der Waals surface area contributed by atoms with E-state index in [1.54, 1.807) is 23.1 Å². The van der Waals surface area contributed by atoms with Gasteiger partial charge in [-0.2, -0.15) is 0 Å². The molecule has 2 N–H and O–H groups in total. The fourth-order valence-corrected chi connectivity index (χ4v) is 4.18. The predicted octanol–water partition coefficient (Wildman–Crippen LogP) is 5.20. The van der Waals surface area contributed by atoms with Gasteiger partial charge in [0.15, 0.2) is 0 Å². The maximum absolute atomic E-state index is 13.6. The molecule has 0 fully saturated rings. The van der Waals surface area contributed by atoms with Gasteiger partial charge >= 0.3 is 6.03 Å². The van der Waals surface area contributed by atoms with Gasteiger partial charge in [-0.25, -0.2) is 13.6 Å². The van der Waals surface area contributed by atoms with E-state index >= 15 is 0 Å². The number of para-hydroxylation sites is 1. The molecule has 0 atom stereocenters. The topological polar surface area (TPSA) is 77.7 Å². The maximum Gasteiger partial charge on any atom is 0.322 e. The third kappa shape index (κ3) is 7.17. The Balaban J connectivity index is 1.50. The maximum atomic E-state index is 13.6. The molecule has 1 heterocycles. The smallest absolute Gasteiger partial charge is 0.322 e. The van der Waals surface area contributed by atoms with Crippen LogP contribution in [0.15, 0.2) is 79.0 Å². The number of carbonyl (C=O) groups is 2. The number of H-pyrrole nitrogens is 1. The van der Waals surface area contributed by atoms with Gasteiger partial charge in [-0.1, -0.05) is 36.4 Å². The molecule has 0 unspecified atom stereocenters. The minimum Gasteiger partial charge on any atom is -0.383 e. The van der Waals surface area contributed by atoms with Crippen LogP contribution in [0.25, 0.3) is 10.9 Å². The monoisotopic (exact) mass is 520 g/mol. The Bertz CT molecular complexity index is 1370. The highest BCUT2D eigenvalue weighted by Gasteiger charge is 2.22. The molecule has 1 aromatic heterocycles.